The molecule has 0 aliphatic heterocycles. The molecule has 5 rings (SSSR count). The standard InChI is InChI=1S/C29H36N2O4/c32-25(30-23(21-11-3-1-4-12-21)28(34)15-7-8-16-28)27(19-20-27)26(33)31-24(22-13-5-2-6-14-22)29(35)17-9-10-18-29/h1-6,11-14,23-24,34-35H,7-10,15-20H2,(H,30,32)(H,31,33)/t23-,24-/m1/s1. The van der Waals surface area contributed by atoms with Gasteiger partial charge in [-0.25, -0.2) is 0 Å². The number of aliphatic hydroxyl groups is 2. The first-order chi connectivity index (χ1) is 16.9. The number of hydrogen-bond donors (Lipinski definition) is 4. The molecule has 3 aliphatic carbocycles. The third-order valence-corrected chi connectivity index (χ3v) is 8.45. The van der Waals surface area contributed by atoms with Crippen LogP contribution in [0.2, 0.25) is 0 Å². The van der Waals surface area contributed by atoms with Crippen molar-refractivity contribution in [3.63, 3.8) is 0 Å². The lowest BCUT2D eigenvalue weighted by Gasteiger charge is -2.36. The van der Waals surface area contributed by atoms with Crippen molar-refractivity contribution in [2.45, 2.75) is 87.5 Å². The number of carbonyl (C=O) groups is 2. The van der Waals surface area contributed by atoms with E-state index in [0.717, 1.165) is 36.8 Å². The lowest BCUT2D eigenvalue weighted by Crippen LogP contribution is -2.52. The van der Waals surface area contributed by atoms with Crippen LogP contribution < -0.4 is 10.6 Å². The average Bonchev–Trinajstić information content (AvgIpc) is 3.40. The van der Waals surface area contributed by atoms with Gasteiger partial charge in [-0.2, -0.15) is 0 Å². The molecule has 0 spiro atoms. The summed E-state index contributed by atoms with van der Waals surface area (Å²) in [6.45, 7) is 0. The highest BCUT2D eigenvalue weighted by atomic mass is 16.3. The lowest BCUT2D eigenvalue weighted by atomic mass is 9.85. The zero-order chi connectivity index (χ0) is 24.5. The van der Waals surface area contributed by atoms with Gasteiger partial charge in [0.25, 0.3) is 0 Å². The quantitative estimate of drug-likeness (QED) is 0.431. The Balaban J connectivity index is 1.37. The van der Waals surface area contributed by atoms with E-state index in [0.29, 0.717) is 38.5 Å². The van der Waals surface area contributed by atoms with Crippen LogP contribution in [0.5, 0.6) is 0 Å². The summed E-state index contributed by atoms with van der Waals surface area (Å²) in [7, 11) is 0. The molecular weight excluding hydrogens is 440 g/mol. The minimum absolute atomic E-state index is 0.339. The SMILES string of the molecule is O=C(N[C@H](c1ccccc1)C1(O)CCCC1)C1(C(=O)N[C@H](c2ccccc2)C2(O)CCCC2)CC1. The van der Waals surface area contributed by atoms with Crippen LogP contribution in [0.4, 0.5) is 0 Å². The molecule has 0 bridgehead atoms. The van der Waals surface area contributed by atoms with Gasteiger partial charge in [0.2, 0.25) is 11.8 Å². The number of rotatable bonds is 8. The summed E-state index contributed by atoms with van der Waals surface area (Å²) in [6.07, 6.45) is 7.07. The second kappa shape index (κ2) is 9.40. The van der Waals surface area contributed by atoms with Crippen LogP contribution in [0, 0.1) is 5.41 Å². The second-order valence-corrected chi connectivity index (χ2v) is 10.8. The molecule has 2 aromatic rings. The van der Waals surface area contributed by atoms with Gasteiger partial charge in [0.15, 0.2) is 0 Å². The van der Waals surface area contributed by atoms with Crippen LogP contribution in [0.25, 0.3) is 0 Å². The summed E-state index contributed by atoms with van der Waals surface area (Å²) in [5.41, 5.74) is -1.50. The predicted molar refractivity (Wildman–Crippen MR) is 133 cm³/mol. The minimum atomic E-state index is -1.16. The first-order valence-corrected chi connectivity index (χ1v) is 13.0. The maximum atomic E-state index is 13.6. The Kier molecular flexibility index (Phi) is 6.45. The van der Waals surface area contributed by atoms with Crippen LogP contribution >= 0.6 is 0 Å². The largest absolute Gasteiger partial charge is 0.387 e. The van der Waals surface area contributed by atoms with E-state index in [2.05, 4.69) is 10.6 Å². The van der Waals surface area contributed by atoms with E-state index in [4.69, 9.17) is 0 Å². The highest BCUT2D eigenvalue weighted by Crippen LogP contribution is 2.49. The second-order valence-electron chi connectivity index (χ2n) is 10.8. The minimum Gasteiger partial charge on any atom is -0.387 e. The molecule has 6 nitrogen and oxygen atoms in total. The normalized spacial score (nSPS) is 23.3. The first kappa shape index (κ1) is 24.0. The predicted octanol–water partition coefficient (Wildman–Crippen LogP) is 4.09. The van der Waals surface area contributed by atoms with Gasteiger partial charge in [0, 0.05) is 0 Å². The summed E-state index contributed by atoms with van der Waals surface area (Å²) in [6, 6.07) is 18.0. The van der Waals surface area contributed by atoms with E-state index < -0.39 is 28.7 Å². The molecular formula is C29H36N2O4. The van der Waals surface area contributed by atoms with Gasteiger partial charge < -0.3 is 20.8 Å². The molecule has 6 heteroatoms. The van der Waals surface area contributed by atoms with Crippen molar-refractivity contribution in [1.82, 2.24) is 10.6 Å². The Hall–Kier alpha value is -2.70. The van der Waals surface area contributed by atoms with Crippen molar-refractivity contribution in [2.24, 2.45) is 5.41 Å². The molecule has 0 radical (unpaired) electrons. The van der Waals surface area contributed by atoms with Crippen LogP contribution in [0.3, 0.4) is 0 Å². The van der Waals surface area contributed by atoms with E-state index >= 15 is 0 Å². The van der Waals surface area contributed by atoms with Gasteiger partial charge in [-0.15, -0.1) is 0 Å². The summed E-state index contributed by atoms with van der Waals surface area (Å²) < 4.78 is 0. The molecule has 0 heterocycles. The van der Waals surface area contributed by atoms with E-state index in [1.165, 1.54) is 0 Å². The Morgan fingerprint density at radius 1 is 0.600 bits per heavy atom. The van der Waals surface area contributed by atoms with Crippen molar-refractivity contribution >= 4 is 11.8 Å². The molecule has 2 aromatic carbocycles. The van der Waals surface area contributed by atoms with Crippen molar-refractivity contribution in [1.29, 1.82) is 0 Å². The third kappa shape index (κ3) is 4.62. The van der Waals surface area contributed by atoms with E-state index in [1.54, 1.807) is 0 Å². The topological polar surface area (TPSA) is 98.7 Å². The number of amides is 2. The molecule has 186 valence electrons. The Labute approximate surface area is 207 Å². The monoisotopic (exact) mass is 476 g/mol. The maximum absolute atomic E-state index is 13.6. The molecule has 4 N–H and O–H groups in total. The zero-order valence-electron chi connectivity index (χ0n) is 20.2. The molecule has 2 atom stereocenters. The Bertz CT molecular complexity index is 957. The average molecular weight is 477 g/mol. The third-order valence-electron chi connectivity index (χ3n) is 8.45. The van der Waals surface area contributed by atoms with Crippen LogP contribution in [-0.2, 0) is 9.59 Å². The summed E-state index contributed by atoms with van der Waals surface area (Å²) >= 11 is 0. The molecule has 3 fully saturated rings. The van der Waals surface area contributed by atoms with Crippen molar-refractivity contribution in [2.75, 3.05) is 0 Å². The van der Waals surface area contributed by atoms with Crippen LogP contribution in [0.1, 0.15) is 87.4 Å². The lowest BCUT2D eigenvalue weighted by molar-refractivity contribution is -0.141. The Morgan fingerprint density at radius 2 is 0.943 bits per heavy atom. The van der Waals surface area contributed by atoms with Crippen molar-refractivity contribution < 1.29 is 19.8 Å². The summed E-state index contributed by atoms with van der Waals surface area (Å²) in [4.78, 5) is 27.2. The van der Waals surface area contributed by atoms with E-state index in [-0.39, 0.29) is 11.8 Å². The molecule has 2 amide bonds. The first-order valence-electron chi connectivity index (χ1n) is 13.0. The number of carbonyl (C=O) groups excluding carboxylic acids is 2. The van der Waals surface area contributed by atoms with Gasteiger partial charge in [-0.05, 0) is 49.7 Å². The smallest absolute Gasteiger partial charge is 0.236 e. The fourth-order valence-corrected chi connectivity index (χ4v) is 6.12. The van der Waals surface area contributed by atoms with Crippen molar-refractivity contribution in [3.05, 3.63) is 71.8 Å². The van der Waals surface area contributed by atoms with Crippen molar-refractivity contribution in [3.8, 4) is 0 Å². The van der Waals surface area contributed by atoms with Crippen LogP contribution in [0.15, 0.2) is 60.7 Å². The summed E-state index contributed by atoms with van der Waals surface area (Å²) in [5.74, 6) is -0.677. The molecule has 0 aromatic heterocycles. The highest BCUT2D eigenvalue weighted by molar-refractivity contribution is 6.08. The van der Waals surface area contributed by atoms with Gasteiger partial charge >= 0.3 is 0 Å². The zero-order valence-corrected chi connectivity index (χ0v) is 20.2. The molecule has 0 saturated heterocycles. The van der Waals surface area contributed by atoms with Gasteiger partial charge in [-0.3, -0.25) is 9.59 Å². The number of hydrogen-bond acceptors (Lipinski definition) is 4. The Morgan fingerprint density at radius 3 is 1.26 bits per heavy atom. The van der Waals surface area contributed by atoms with Gasteiger partial charge in [-0.1, -0.05) is 86.3 Å². The maximum Gasteiger partial charge on any atom is 0.236 e. The van der Waals surface area contributed by atoms with Crippen LogP contribution in [-0.4, -0.2) is 33.2 Å². The fraction of sp³-hybridized carbons (Fsp3) is 0.517. The number of nitrogens with one attached hydrogen (secondary N) is 2. The number of benzene rings is 2. The molecule has 3 aliphatic rings. The van der Waals surface area contributed by atoms with E-state index in [9.17, 15) is 19.8 Å². The van der Waals surface area contributed by atoms with E-state index in [1.807, 2.05) is 60.7 Å². The molecule has 3 saturated carbocycles. The summed E-state index contributed by atoms with van der Waals surface area (Å²) in [5, 5.41) is 29.0. The molecule has 0 unspecified atom stereocenters. The van der Waals surface area contributed by atoms with Gasteiger partial charge in [0.1, 0.15) is 5.41 Å². The molecule has 35 heavy (non-hydrogen) atoms. The highest BCUT2D eigenvalue weighted by Gasteiger charge is 2.59. The van der Waals surface area contributed by atoms with Gasteiger partial charge in [0.05, 0.1) is 23.3 Å². The fourth-order valence-electron chi connectivity index (χ4n) is 6.12.